The zero-order valence-electron chi connectivity index (χ0n) is 6.74. The van der Waals surface area contributed by atoms with E-state index in [2.05, 4.69) is 0 Å². The summed E-state index contributed by atoms with van der Waals surface area (Å²) in [5.41, 5.74) is 0. The number of alkyl halides is 1. The first-order valence-electron chi connectivity index (χ1n) is 2.28. The van der Waals surface area contributed by atoms with Gasteiger partial charge in [-0.05, 0) is 6.08 Å². The first-order chi connectivity index (χ1) is 4.54. The van der Waals surface area contributed by atoms with Gasteiger partial charge in [0.05, 0.1) is 17.3 Å². The van der Waals surface area contributed by atoms with Crippen molar-refractivity contribution in [1.29, 1.82) is 0 Å². The maximum absolute atomic E-state index is 9.80. The van der Waals surface area contributed by atoms with Crippen LogP contribution in [-0.4, -0.2) is 17.3 Å². The third-order valence-electron chi connectivity index (χ3n) is 0.626. The van der Waals surface area contributed by atoms with Crippen LogP contribution in [0.3, 0.4) is 0 Å². The summed E-state index contributed by atoms with van der Waals surface area (Å²) in [6, 6.07) is 0. The van der Waals surface area contributed by atoms with Gasteiger partial charge in [0, 0.05) is 0 Å². The minimum atomic E-state index is -1.54. The zero-order valence-corrected chi connectivity index (χ0v) is 11.5. The number of halogens is 1. The molecule has 0 aliphatic rings. The minimum Gasteiger partial charge on any atom is -0.548 e. The largest absolute Gasteiger partial charge is 1.00 e. The standard InChI is InChI=1S/C5H5ClO4.2Na/c6-3(5(9)10)1-2-4(7)8;;/h1-3H,(H,7,8)(H,9,10);;/q;2*+1/p-2. The van der Waals surface area contributed by atoms with Crippen molar-refractivity contribution in [3.8, 4) is 0 Å². The van der Waals surface area contributed by atoms with Crippen molar-refractivity contribution >= 4 is 23.5 Å². The fraction of sp³-hybridized carbons (Fsp3) is 0.200. The summed E-state index contributed by atoms with van der Waals surface area (Å²) in [4.78, 5) is 19.5. The number of carbonyl (C=O) groups excluding carboxylic acids is 2. The molecule has 0 aliphatic carbocycles. The molecule has 0 N–H and O–H groups in total. The summed E-state index contributed by atoms with van der Waals surface area (Å²) in [5.74, 6) is -3.04. The second-order valence-corrected chi connectivity index (χ2v) is 1.87. The van der Waals surface area contributed by atoms with Crippen LogP contribution in [0.25, 0.3) is 0 Å². The van der Waals surface area contributed by atoms with Gasteiger partial charge in [-0.1, -0.05) is 6.08 Å². The molecule has 0 radical (unpaired) electrons. The average Bonchev–Trinajstić information content (AvgIpc) is 1.82. The first kappa shape index (κ1) is 18.7. The van der Waals surface area contributed by atoms with Gasteiger partial charge in [0.2, 0.25) is 0 Å². The van der Waals surface area contributed by atoms with Gasteiger partial charge in [0.15, 0.2) is 0 Å². The molecular formula is C5H3ClNa2O4. The molecule has 1 atom stereocenters. The minimum absolute atomic E-state index is 0. The average molecular weight is 209 g/mol. The molecule has 0 spiro atoms. The molecular weight excluding hydrogens is 205 g/mol. The monoisotopic (exact) mass is 208 g/mol. The normalized spacial score (nSPS) is 11.1. The maximum Gasteiger partial charge on any atom is 1.00 e. The molecule has 56 valence electrons. The van der Waals surface area contributed by atoms with Crippen LogP contribution in [0.4, 0.5) is 0 Å². The second kappa shape index (κ2) is 10.1. The fourth-order valence-electron chi connectivity index (χ4n) is 0.242. The summed E-state index contributed by atoms with van der Waals surface area (Å²) in [6.45, 7) is 0. The Hall–Kier alpha value is 0.970. The van der Waals surface area contributed by atoms with Crippen LogP contribution < -0.4 is 69.3 Å². The molecule has 0 aromatic rings. The molecule has 0 aromatic heterocycles. The van der Waals surface area contributed by atoms with Gasteiger partial charge in [-0.2, -0.15) is 0 Å². The third-order valence-corrected chi connectivity index (χ3v) is 0.950. The zero-order chi connectivity index (χ0) is 8.15. The number of hydrogen-bond acceptors (Lipinski definition) is 4. The van der Waals surface area contributed by atoms with E-state index < -0.39 is 17.3 Å². The molecule has 0 saturated heterocycles. The van der Waals surface area contributed by atoms with Gasteiger partial charge in [-0.25, -0.2) is 0 Å². The van der Waals surface area contributed by atoms with Crippen LogP contribution in [0.15, 0.2) is 12.2 Å². The molecule has 0 bridgehead atoms. The molecule has 0 rings (SSSR count). The molecule has 0 aliphatic heterocycles. The predicted molar refractivity (Wildman–Crippen MR) is 28.8 cm³/mol. The van der Waals surface area contributed by atoms with Crippen molar-refractivity contribution in [2.45, 2.75) is 5.38 Å². The van der Waals surface area contributed by atoms with E-state index in [0.717, 1.165) is 6.08 Å². The Kier molecular flexibility index (Phi) is 15.7. The summed E-state index contributed by atoms with van der Waals surface area (Å²) < 4.78 is 0. The summed E-state index contributed by atoms with van der Waals surface area (Å²) in [7, 11) is 0. The van der Waals surface area contributed by atoms with Gasteiger partial charge in [-0.15, -0.1) is 11.6 Å². The predicted octanol–water partition coefficient (Wildman–Crippen LogP) is -8.34. The van der Waals surface area contributed by atoms with E-state index in [1.165, 1.54) is 0 Å². The van der Waals surface area contributed by atoms with E-state index in [9.17, 15) is 19.8 Å². The molecule has 0 aromatic carbocycles. The molecule has 7 heteroatoms. The fourth-order valence-corrected chi connectivity index (χ4v) is 0.314. The Labute approximate surface area is 119 Å². The molecule has 12 heavy (non-hydrogen) atoms. The second-order valence-electron chi connectivity index (χ2n) is 1.40. The molecule has 0 fully saturated rings. The quantitative estimate of drug-likeness (QED) is 0.262. The molecule has 0 amide bonds. The number of rotatable bonds is 3. The molecule has 0 heterocycles. The van der Waals surface area contributed by atoms with Gasteiger partial charge in [-0.3, -0.25) is 0 Å². The van der Waals surface area contributed by atoms with Crippen LogP contribution in [0, 0.1) is 0 Å². The van der Waals surface area contributed by atoms with Gasteiger partial charge in [0.1, 0.15) is 0 Å². The number of aliphatic carboxylic acids is 2. The molecule has 0 saturated carbocycles. The first-order valence-corrected chi connectivity index (χ1v) is 2.72. The van der Waals surface area contributed by atoms with Crippen molar-refractivity contribution in [3.63, 3.8) is 0 Å². The van der Waals surface area contributed by atoms with Gasteiger partial charge < -0.3 is 19.8 Å². The maximum atomic E-state index is 9.80. The SMILES string of the molecule is O=C([O-])C=CC(Cl)C(=O)[O-].[Na+].[Na+]. The smallest absolute Gasteiger partial charge is 0.548 e. The van der Waals surface area contributed by atoms with E-state index in [1.54, 1.807) is 0 Å². The van der Waals surface area contributed by atoms with Crippen LogP contribution in [-0.2, 0) is 9.59 Å². The van der Waals surface area contributed by atoms with Gasteiger partial charge in [0.25, 0.3) is 0 Å². The Morgan fingerprint density at radius 1 is 1.25 bits per heavy atom. The Morgan fingerprint density at radius 2 is 1.67 bits per heavy atom. The van der Waals surface area contributed by atoms with Crippen LogP contribution in [0.2, 0.25) is 0 Å². The van der Waals surface area contributed by atoms with Crippen molar-refractivity contribution in [2.24, 2.45) is 0 Å². The van der Waals surface area contributed by atoms with E-state index in [0.29, 0.717) is 6.08 Å². The Bertz CT molecular complexity index is 182. The van der Waals surface area contributed by atoms with Crippen molar-refractivity contribution in [2.75, 3.05) is 0 Å². The van der Waals surface area contributed by atoms with Crippen LogP contribution in [0.1, 0.15) is 0 Å². The number of hydrogen-bond donors (Lipinski definition) is 0. The summed E-state index contributed by atoms with van der Waals surface area (Å²) >= 11 is 5.02. The van der Waals surface area contributed by atoms with E-state index in [4.69, 9.17) is 11.6 Å². The van der Waals surface area contributed by atoms with Crippen LogP contribution in [0.5, 0.6) is 0 Å². The Balaban J connectivity index is -0.000000405. The summed E-state index contributed by atoms with van der Waals surface area (Å²) in [6.07, 6.45) is 1.29. The summed E-state index contributed by atoms with van der Waals surface area (Å²) in [5, 5.41) is 18.0. The Morgan fingerprint density at radius 3 is 1.92 bits per heavy atom. The van der Waals surface area contributed by atoms with Crippen molar-refractivity contribution in [3.05, 3.63) is 12.2 Å². The van der Waals surface area contributed by atoms with Crippen molar-refractivity contribution in [1.82, 2.24) is 0 Å². The molecule has 4 nitrogen and oxygen atoms in total. The van der Waals surface area contributed by atoms with Crippen molar-refractivity contribution < 1.29 is 78.9 Å². The van der Waals surface area contributed by atoms with E-state index in [-0.39, 0.29) is 59.1 Å². The van der Waals surface area contributed by atoms with E-state index in [1.807, 2.05) is 0 Å². The molecule has 1 unspecified atom stereocenters. The van der Waals surface area contributed by atoms with Gasteiger partial charge >= 0.3 is 59.1 Å². The number of carbonyl (C=O) groups is 2. The third kappa shape index (κ3) is 11.0. The topological polar surface area (TPSA) is 80.3 Å². The number of carboxylic acid groups (broad SMARTS) is 2. The van der Waals surface area contributed by atoms with E-state index >= 15 is 0 Å². The number of carboxylic acids is 2. The van der Waals surface area contributed by atoms with Crippen LogP contribution >= 0.6 is 11.6 Å².